The summed E-state index contributed by atoms with van der Waals surface area (Å²) in [6, 6.07) is 22.1. The standard InChI is InChI=1S/C32H30N2O6S/c1-5-39-31(36)28-20(2)33-32-34(29(28)23-13-16-25(37-3)26(18-23)38-4)30(35)27(41-32)17-21-11-14-24(15-12-21)40-19-22-9-7-6-8-10-22/h6-18,29H,5,19H2,1-4H3/b27-17-/t29-/m1/s1. The van der Waals surface area contributed by atoms with E-state index in [1.54, 1.807) is 44.8 Å². The second-order valence-electron chi connectivity index (χ2n) is 9.26. The van der Waals surface area contributed by atoms with Crippen LogP contribution in [0.15, 0.2) is 93.9 Å². The summed E-state index contributed by atoms with van der Waals surface area (Å²) < 4.78 is 24.2. The van der Waals surface area contributed by atoms with E-state index in [9.17, 15) is 9.59 Å². The summed E-state index contributed by atoms with van der Waals surface area (Å²) in [7, 11) is 3.09. The Hall–Kier alpha value is -4.63. The van der Waals surface area contributed by atoms with Crippen LogP contribution in [0.5, 0.6) is 17.2 Å². The van der Waals surface area contributed by atoms with Crippen molar-refractivity contribution in [2.75, 3.05) is 20.8 Å². The Morgan fingerprint density at radius 3 is 2.41 bits per heavy atom. The molecule has 0 bridgehead atoms. The molecule has 1 aliphatic rings. The van der Waals surface area contributed by atoms with Crippen LogP contribution in [0.4, 0.5) is 0 Å². The molecule has 0 unspecified atom stereocenters. The van der Waals surface area contributed by atoms with Crippen molar-refractivity contribution in [1.82, 2.24) is 4.57 Å². The van der Waals surface area contributed by atoms with Crippen molar-refractivity contribution in [3.8, 4) is 17.2 Å². The second kappa shape index (κ2) is 12.3. The Bertz CT molecular complexity index is 1770. The highest BCUT2D eigenvalue weighted by molar-refractivity contribution is 7.07. The fourth-order valence-electron chi connectivity index (χ4n) is 4.68. The smallest absolute Gasteiger partial charge is 0.338 e. The molecule has 0 N–H and O–H groups in total. The largest absolute Gasteiger partial charge is 0.493 e. The Morgan fingerprint density at radius 2 is 1.73 bits per heavy atom. The number of fused-ring (bicyclic) bond motifs is 1. The molecule has 5 rings (SSSR count). The molecule has 41 heavy (non-hydrogen) atoms. The molecule has 0 fully saturated rings. The van der Waals surface area contributed by atoms with Gasteiger partial charge in [-0.25, -0.2) is 9.79 Å². The summed E-state index contributed by atoms with van der Waals surface area (Å²) in [4.78, 5) is 32.1. The lowest BCUT2D eigenvalue weighted by atomic mass is 9.95. The number of hydrogen-bond donors (Lipinski definition) is 0. The molecule has 0 saturated heterocycles. The SMILES string of the molecule is CCOC(=O)C1=C(C)N=c2s/c(=C\c3ccc(OCc4ccccc4)cc3)c(=O)n2[C@@H]1c1ccc(OC)c(OC)c1. The molecular weight excluding hydrogens is 540 g/mol. The van der Waals surface area contributed by atoms with E-state index >= 15 is 0 Å². The number of rotatable bonds is 9. The number of benzene rings is 3. The van der Waals surface area contributed by atoms with Crippen LogP contribution in [-0.2, 0) is 16.1 Å². The van der Waals surface area contributed by atoms with Gasteiger partial charge in [0.25, 0.3) is 5.56 Å². The van der Waals surface area contributed by atoms with Crippen molar-refractivity contribution in [2.24, 2.45) is 4.99 Å². The molecule has 0 radical (unpaired) electrons. The van der Waals surface area contributed by atoms with E-state index in [0.717, 1.165) is 16.9 Å². The zero-order valence-electron chi connectivity index (χ0n) is 23.2. The van der Waals surface area contributed by atoms with Gasteiger partial charge in [0.05, 0.1) is 42.7 Å². The van der Waals surface area contributed by atoms with Gasteiger partial charge in [0.2, 0.25) is 0 Å². The van der Waals surface area contributed by atoms with Crippen LogP contribution in [0.25, 0.3) is 6.08 Å². The molecule has 1 aromatic heterocycles. The number of thiazole rings is 1. The van der Waals surface area contributed by atoms with Gasteiger partial charge >= 0.3 is 5.97 Å². The molecule has 9 heteroatoms. The normalized spacial score (nSPS) is 14.7. The molecule has 2 heterocycles. The first-order valence-electron chi connectivity index (χ1n) is 13.1. The van der Waals surface area contributed by atoms with Crippen molar-refractivity contribution in [1.29, 1.82) is 0 Å². The Balaban J connectivity index is 1.54. The van der Waals surface area contributed by atoms with Gasteiger partial charge in [0, 0.05) is 0 Å². The average Bonchev–Trinajstić information content (AvgIpc) is 3.30. The van der Waals surface area contributed by atoms with Gasteiger partial charge in [-0.3, -0.25) is 9.36 Å². The van der Waals surface area contributed by atoms with Crippen molar-refractivity contribution < 1.29 is 23.7 Å². The summed E-state index contributed by atoms with van der Waals surface area (Å²) in [6.45, 7) is 4.17. The number of hydrogen-bond acceptors (Lipinski definition) is 8. The lowest BCUT2D eigenvalue weighted by Gasteiger charge is -2.25. The van der Waals surface area contributed by atoms with Gasteiger partial charge in [-0.1, -0.05) is 59.9 Å². The van der Waals surface area contributed by atoms with Crippen LogP contribution in [0.1, 0.15) is 36.6 Å². The molecule has 0 amide bonds. The summed E-state index contributed by atoms with van der Waals surface area (Å²) in [5.41, 5.74) is 3.14. The maximum absolute atomic E-state index is 13.9. The van der Waals surface area contributed by atoms with Gasteiger partial charge in [-0.2, -0.15) is 0 Å². The second-order valence-corrected chi connectivity index (χ2v) is 10.3. The summed E-state index contributed by atoms with van der Waals surface area (Å²) >= 11 is 1.27. The van der Waals surface area contributed by atoms with Crippen LogP contribution in [0, 0.1) is 0 Å². The summed E-state index contributed by atoms with van der Waals surface area (Å²) in [6.07, 6.45) is 1.82. The molecule has 1 atom stereocenters. The van der Waals surface area contributed by atoms with Gasteiger partial charge in [-0.05, 0) is 60.9 Å². The third-order valence-corrected chi connectivity index (χ3v) is 7.65. The molecule has 0 spiro atoms. The first-order chi connectivity index (χ1) is 19.9. The van der Waals surface area contributed by atoms with E-state index in [0.29, 0.717) is 44.3 Å². The van der Waals surface area contributed by atoms with E-state index < -0.39 is 12.0 Å². The van der Waals surface area contributed by atoms with Crippen LogP contribution in [0.3, 0.4) is 0 Å². The molecule has 0 aliphatic carbocycles. The molecule has 210 valence electrons. The predicted octanol–water partition coefficient (Wildman–Crippen LogP) is 4.39. The lowest BCUT2D eigenvalue weighted by Crippen LogP contribution is -2.39. The van der Waals surface area contributed by atoms with Crippen LogP contribution in [0.2, 0.25) is 0 Å². The third kappa shape index (κ3) is 5.81. The minimum Gasteiger partial charge on any atom is -0.493 e. The van der Waals surface area contributed by atoms with E-state index in [2.05, 4.69) is 4.99 Å². The Labute approximate surface area is 241 Å². The van der Waals surface area contributed by atoms with Crippen LogP contribution < -0.4 is 29.1 Å². The lowest BCUT2D eigenvalue weighted by molar-refractivity contribution is -0.139. The number of ether oxygens (including phenoxy) is 4. The number of allylic oxidation sites excluding steroid dienone is 1. The van der Waals surface area contributed by atoms with Gasteiger partial charge in [0.1, 0.15) is 12.4 Å². The van der Waals surface area contributed by atoms with Crippen molar-refractivity contribution in [2.45, 2.75) is 26.5 Å². The van der Waals surface area contributed by atoms with Crippen molar-refractivity contribution in [3.05, 3.63) is 120 Å². The first kappa shape index (κ1) is 27.9. The molecule has 3 aromatic carbocycles. The molecule has 0 saturated carbocycles. The molecule has 4 aromatic rings. The van der Waals surface area contributed by atoms with Gasteiger partial charge in [0.15, 0.2) is 16.3 Å². The number of esters is 1. The maximum atomic E-state index is 13.9. The van der Waals surface area contributed by atoms with Crippen molar-refractivity contribution in [3.63, 3.8) is 0 Å². The fourth-order valence-corrected chi connectivity index (χ4v) is 5.73. The van der Waals surface area contributed by atoms with E-state index in [1.807, 2.05) is 66.7 Å². The van der Waals surface area contributed by atoms with E-state index in [1.165, 1.54) is 11.3 Å². The van der Waals surface area contributed by atoms with Crippen molar-refractivity contribution >= 4 is 23.4 Å². The van der Waals surface area contributed by atoms with Gasteiger partial charge in [-0.15, -0.1) is 0 Å². The zero-order chi connectivity index (χ0) is 28.9. The highest BCUT2D eigenvalue weighted by Crippen LogP contribution is 2.36. The minimum atomic E-state index is -0.749. The monoisotopic (exact) mass is 570 g/mol. The average molecular weight is 571 g/mol. The molecule has 8 nitrogen and oxygen atoms in total. The number of carbonyl (C=O) groups is 1. The number of methoxy groups -OCH3 is 2. The third-order valence-electron chi connectivity index (χ3n) is 6.67. The number of carbonyl (C=O) groups excluding carboxylic acids is 1. The van der Waals surface area contributed by atoms with Gasteiger partial charge < -0.3 is 18.9 Å². The zero-order valence-corrected chi connectivity index (χ0v) is 24.1. The fraction of sp³-hybridized carbons (Fsp3) is 0.219. The summed E-state index contributed by atoms with van der Waals surface area (Å²) in [5.74, 6) is 1.24. The quantitative estimate of drug-likeness (QED) is 0.277. The number of nitrogens with zero attached hydrogens (tertiary/aromatic N) is 2. The highest BCUT2D eigenvalue weighted by atomic mass is 32.1. The van der Waals surface area contributed by atoms with E-state index in [4.69, 9.17) is 18.9 Å². The molecule has 1 aliphatic heterocycles. The summed E-state index contributed by atoms with van der Waals surface area (Å²) in [5, 5.41) is 0. The first-order valence-corrected chi connectivity index (χ1v) is 13.9. The molecular formula is C32H30N2O6S. The maximum Gasteiger partial charge on any atom is 0.338 e. The van der Waals surface area contributed by atoms with Crippen LogP contribution in [-0.4, -0.2) is 31.4 Å². The Kier molecular flexibility index (Phi) is 8.35. The Morgan fingerprint density at radius 1 is 1.00 bits per heavy atom. The predicted molar refractivity (Wildman–Crippen MR) is 157 cm³/mol. The topological polar surface area (TPSA) is 88.4 Å². The van der Waals surface area contributed by atoms with Crippen LogP contribution >= 0.6 is 11.3 Å². The highest BCUT2D eigenvalue weighted by Gasteiger charge is 2.33. The van der Waals surface area contributed by atoms with E-state index in [-0.39, 0.29) is 12.2 Å². The number of aromatic nitrogens is 1. The minimum absolute atomic E-state index is 0.198.